The molecule has 3 rings (SSSR count). The second-order valence-electron chi connectivity index (χ2n) is 5.41. The first-order chi connectivity index (χ1) is 10.1. The van der Waals surface area contributed by atoms with Gasteiger partial charge in [-0.2, -0.15) is 0 Å². The predicted molar refractivity (Wildman–Crippen MR) is 80.4 cm³/mol. The van der Waals surface area contributed by atoms with Gasteiger partial charge in [-0.3, -0.25) is 0 Å². The van der Waals surface area contributed by atoms with Crippen molar-refractivity contribution in [3.05, 3.63) is 47.0 Å². The van der Waals surface area contributed by atoms with Gasteiger partial charge in [-0.25, -0.2) is 18.1 Å². The maximum Gasteiger partial charge on any atom is 0.241 e. The van der Waals surface area contributed by atoms with Gasteiger partial charge in [0, 0.05) is 5.69 Å². The summed E-state index contributed by atoms with van der Waals surface area (Å²) < 4.78 is 27.3. The van der Waals surface area contributed by atoms with Crippen LogP contribution in [0.1, 0.15) is 35.6 Å². The van der Waals surface area contributed by atoms with Crippen molar-refractivity contribution in [1.82, 2.24) is 14.7 Å². The predicted octanol–water partition coefficient (Wildman–Crippen LogP) is 2.08. The van der Waals surface area contributed by atoms with E-state index in [4.69, 9.17) is 0 Å². The Hall–Kier alpha value is -1.66. The molecule has 21 heavy (non-hydrogen) atoms. The minimum atomic E-state index is -3.50. The maximum atomic E-state index is 12.3. The molecule has 112 valence electrons. The molecule has 2 N–H and O–H groups in total. The normalized spacial score (nSPS) is 14.9. The SMILES string of the molecule is Cc1ccccc1S(=O)(=O)NCc1nc2c([nH]1)CCCC2. The molecule has 0 amide bonds. The van der Waals surface area contributed by atoms with Gasteiger partial charge in [0.25, 0.3) is 0 Å². The first-order valence-corrected chi connectivity index (χ1v) is 8.66. The molecule has 0 saturated carbocycles. The number of sulfonamides is 1. The monoisotopic (exact) mass is 305 g/mol. The molecule has 0 unspecified atom stereocenters. The lowest BCUT2D eigenvalue weighted by atomic mass is 10.0. The average Bonchev–Trinajstić information content (AvgIpc) is 2.88. The third-order valence-corrected chi connectivity index (χ3v) is 5.38. The number of aryl methyl sites for hydroxylation is 3. The van der Waals surface area contributed by atoms with E-state index in [1.807, 2.05) is 6.07 Å². The summed E-state index contributed by atoms with van der Waals surface area (Å²) in [6.07, 6.45) is 4.32. The number of benzene rings is 1. The van der Waals surface area contributed by atoms with E-state index < -0.39 is 10.0 Å². The number of aromatic nitrogens is 2. The van der Waals surface area contributed by atoms with Crippen LogP contribution in [0.5, 0.6) is 0 Å². The highest BCUT2D eigenvalue weighted by atomic mass is 32.2. The Bertz CT molecular complexity index is 727. The molecular weight excluding hydrogens is 286 g/mol. The van der Waals surface area contributed by atoms with E-state index in [1.54, 1.807) is 25.1 Å². The fourth-order valence-corrected chi connectivity index (χ4v) is 3.93. The molecule has 0 spiro atoms. The molecule has 0 saturated heterocycles. The summed E-state index contributed by atoms with van der Waals surface area (Å²) in [4.78, 5) is 8.04. The highest BCUT2D eigenvalue weighted by molar-refractivity contribution is 7.89. The fraction of sp³-hybridized carbons (Fsp3) is 0.400. The molecule has 2 aromatic rings. The number of hydrogen-bond acceptors (Lipinski definition) is 3. The third kappa shape index (κ3) is 3.01. The number of aromatic amines is 1. The molecule has 0 bridgehead atoms. The van der Waals surface area contributed by atoms with E-state index in [0.717, 1.165) is 36.2 Å². The Kier molecular flexibility index (Phi) is 3.82. The van der Waals surface area contributed by atoms with Crippen LogP contribution in [0.4, 0.5) is 0 Å². The zero-order valence-electron chi connectivity index (χ0n) is 12.0. The second-order valence-corrected chi connectivity index (χ2v) is 7.14. The molecule has 0 fully saturated rings. The zero-order chi connectivity index (χ0) is 14.9. The van der Waals surface area contributed by atoms with Crippen LogP contribution in [0, 0.1) is 6.92 Å². The van der Waals surface area contributed by atoms with E-state index >= 15 is 0 Å². The first kappa shape index (κ1) is 14.3. The summed E-state index contributed by atoms with van der Waals surface area (Å²) in [5.41, 5.74) is 2.99. The van der Waals surface area contributed by atoms with Crippen molar-refractivity contribution in [1.29, 1.82) is 0 Å². The summed E-state index contributed by atoms with van der Waals surface area (Å²) in [6.45, 7) is 1.99. The summed E-state index contributed by atoms with van der Waals surface area (Å²) in [7, 11) is -3.50. The summed E-state index contributed by atoms with van der Waals surface area (Å²) in [5, 5.41) is 0. The summed E-state index contributed by atoms with van der Waals surface area (Å²) >= 11 is 0. The van der Waals surface area contributed by atoms with E-state index in [-0.39, 0.29) is 6.54 Å². The van der Waals surface area contributed by atoms with Gasteiger partial charge in [0.2, 0.25) is 10.0 Å². The van der Waals surface area contributed by atoms with Crippen LogP contribution in [-0.2, 0) is 29.4 Å². The summed E-state index contributed by atoms with van der Waals surface area (Å²) in [6, 6.07) is 6.97. The Morgan fingerprint density at radius 2 is 2.00 bits per heavy atom. The molecule has 1 aromatic heterocycles. The van der Waals surface area contributed by atoms with Crippen molar-refractivity contribution in [2.75, 3.05) is 0 Å². The van der Waals surface area contributed by atoms with Crippen molar-refractivity contribution in [2.45, 2.75) is 44.0 Å². The first-order valence-electron chi connectivity index (χ1n) is 7.18. The standard InChI is InChI=1S/C15H19N3O2S/c1-11-6-2-5-9-14(11)21(19,20)16-10-15-17-12-7-3-4-8-13(12)18-15/h2,5-6,9,16H,3-4,7-8,10H2,1H3,(H,17,18). The van der Waals surface area contributed by atoms with E-state index in [1.165, 1.54) is 6.42 Å². The van der Waals surface area contributed by atoms with Gasteiger partial charge in [-0.1, -0.05) is 18.2 Å². The highest BCUT2D eigenvalue weighted by Gasteiger charge is 2.18. The molecule has 1 aliphatic carbocycles. The van der Waals surface area contributed by atoms with Crippen LogP contribution in [-0.4, -0.2) is 18.4 Å². The maximum absolute atomic E-state index is 12.3. The Labute approximate surface area is 124 Å². The molecule has 1 aromatic carbocycles. The Morgan fingerprint density at radius 3 is 2.76 bits per heavy atom. The average molecular weight is 305 g/mol. The quantitative estimate of drug-likeness (QED) is 0.908. The number of fused-ring (bicyclic) bond motifs is 1. The zero-order valence-corrected chi connectivity index (χ0v) is 12.8. The molecule has 0 aliphatic heterocycles. The van der Waals surface area contributed by atoms with Crippen LogP contribution >= 0.6 is 0 Å². The number of H-pyrrole nitrogens is 1. The molecule has 6 heteroatoms. The van der Waals surface area contributed by atoms with Crippen LogP contribution in [0.2, 0.25) is 0 Å². The number of nitrogens with zero attached hydrogens (tertiary/aromatic N) is 1. The number of rotatable bonds is 4. The van der Waals surface area contributed by atoms with Gasteiger partial charge < -0.3 is 4.98 Å². The van der Waals surface area contributed by atoms with Crippen molar-refractivity contribution in [2.24, 2.45) is 0 Å². The molecule has 0 atom stereocenters. The van der Waals surface area contributed by atoms with Gasteiger partial charge in [0.05, 0.1) is 17.1 Å². The number of hydrogen-bond donors (Lipinski definition) is 2. The molecule has 0 radical (unpaired) electrons. The smallest absolute Gasteiger partial charge is 0.241 e. The van der Waals surface area contributed by atoms with Gasteiger partial charge in [0.1, 0.15) is 5.82 Å². The van der Waals surface area contributed by atoms with E-state index in [2.05, 4.69) is 14.7 Å². The Balaban J connectivity index is 1.75. The third-order valence-electron chi connectivity index (χ3n) is 3.82. The summed E-state index contributed by atoms with van der Waals surface area (Å²) in [5.74, 6) is 0.694. The van der Waals surface area contributed by atoms with Gasteiger partial charge in [0.15, 0.2) is 0 Å². The van der Waals surface area contributed by atoms with Gasteiger partial charge >= 0.3 is 0 Å². The van der Waals surface area contributed by atoms with Crippen molar-refractivity contribution in [3.63, 3.8) is 0 Å². The van der Waals surface area contributed by atoms with Crippen LogP contribution < -0.4 is 4.72 Å². The lowest BCUT2D eigenvalue weighted by molar-refractivity contribution is 0.579. The molecule has 1 heterocycles. The minimum Gasteiger partial charge on any atom is -0.345 e. The van der Waals surface area contributed by atoms with Crippen molar-refractivity contribution < 1.29 is 8.42 Å². The Morgan fingerprint density at radius 1 is 1.24 bits per heavy atom. The number of imidazole rings is 1. The fourth-order valence-electron chi connectivity index (χ4n) is 2.70. The lowest BCUT2D eigenvalue weighted by Gasteiger charge is -2.07. The number of nitrogens with one attached hydrogen (secondary N) is 2. The second kappa shape index (κ2) is 5.61. The minimum absolute atomic E-state index is 0.198. The molecule has 5 nitrogen and oxygen atoms in total. The molecular formula is C15H19N3O2S. The van der Waals surface area contributed by atoms with Gasteiger partial charge in [-0.15, -0.1) is 0 Å². The topological polar surface area (TPSA) is 74.8 Å². The van der Waals surface area contributed by atoms with E-state index in [9.17, 15) is 8.42 Å². The van der Waals surface area contributed by atoms with Crippen LogP contribution in [0.15, 0.2) is 29.2 Å². The van der Waals surface area contributed by atoms with Crippen LogP contribution in [0.25, 0.3) is 0 Å². The van der Waals surface area contributed by atoms with Crippen molar-refractivity contribution >= 4 is 10.0 Å². The van der Waals surface area contributed by atoms with Crippen LogP contribution in [0.3, 0.4) is 0 Å². The van der Waals surface area contributed by atoms with E-state index in [0.29, 0.717) is 10.7 Å². The molecule has 1 aliphatic rings. The highest BCUT2D eigenvalue weighted by Crippen LogP contribution is 2.19. The van der Waals surface area contributed by atoms with Crippen molar-refractivity contribution in [3.8, 4) is 0 Å². The lowest BCUT2D eigenvalue weighted by Crippen LogP contribution is -2.24. The largest absolute Gasteiger partial charge is 0.345 e. The van der Waals surface area contributed by atoms with Gasteiger partial charge in [-0.05, 0) is 44.2 Å².